The van der Waals surface area contributed by atoms with Crippen LogP contribution in [0.1, 0.15) is 53.9 Å². The molecule has 118 valence electrons. The number of aliphatic hydroxyl groups excluding tert-OH is 1. The minimum absolute atomic E-state index is 0.0100. The lowest BCUT2D eigenvalue weighted by molar-refractivity contribution is -0.134. The molecule has 0 bridgehead atoms. The molecule has 2 unspecified atom stereocenters. The summed E-state index contributed by atoms with van der Waals surface area (Å²) in [5, 5.41) is 15.8. The first-order chi connectivity index (χ1) is 9.19. The lowest BCUT2D eigenvalue weighted by atomic mass is 9.73. The summed E-state index contributed by atoms with van der Waals surface area (Å²) >= 11 is 0. The van der Waals surface area contributed by atoms with Gasteiger partial charge in [-0.3, -0.25) is 4.79 Å². The first-order valence-electron chi connectivity index (χ1n) is 7.82. The van der Waals surface area contributed by atoms with E-state index in [0.29, 0.717) is 12.3 Å². The fourth-order valence-electron chi connectivity index (χ4n) is 2.85. The molecule has 0 aliphatic carbocycles. The Morgan fingerprint density at radius 3 is 2.45 bits per heavy atom. The van der Waals surface area contributed by atoms with Crippen LogP contribution in [-0.4, -0.2) is 36.8 Å². The van der Waals surface area contributed by atoms with Crippen LogP contribution >= 0.6 is 0 Å². The molecule has 1 rings (SSSR count). The van der Waals surface area contributed by atoms with Gasteiger partial charge in [0.1, 0.15) is 0 Å². The molecule has 3 N–H and O–H groups in total. The number of piperidine rings is 1. The third-order valence-corrected chi connectivity index (χ3v) is 4.67. The van der Waals surface area contributed by atoms with E-state index in [1.807, 2.05) is 13.8 Å². The highest BCUT2D eigenvalue weighted by Crippen LogP contribution is 2.33. The lowest BCUT2D eigenvalue weighted by Crippen LogP contribution is -2.52. The van der Waals surface area contributed by atoms with Crippen LogP contribution in [0.5, 0.6) is 0 Å². The molecule has 1 amide bonds. The third-order valence-electron chi connectivity index (χ3n) is 4.67. The van der Waals surface area contributed by atoms with Gasteiger partial charge in [0, 0.05) is 18.1 Å². The molecule has 4 nitrogen and oxygen atoms in total. The Balaban J connectivity index is 2.71. The van der Waals surface area contributed by atoms with Crippen LogP contribution in [0.2, 0.25) is 0 Å². The highest BCUT2D eigenvalue weighted by Gasteiger charge is 2.39. The third kappa shape index (κ3) is 4.45. The fraction of sp³-hybridized carbons (Fsp3) is 0.938. The number of rotatable bonds is 5. The van der Waals surface area contributed by atoms with Crippen molar-refractivity contribution in [2.75, 3.05) is 19.7 Å². The zero-order valence-electron chi connectivity index (χ0n) is 13.8. The molecule has 1 aliphatic rings. The quantitative estimate of drug-likeness (QED) is 0.723. The maximum Gasteiger partial charge on any atom is 0.226 e. The van der Waals surface area contributed by atoms with Crippen molar-refractivity contribution in [3.8, 4) is 0 Å². The Labute approximate surface area is 123 Å². The van der Waals surface area contributed by atoms with Crippen molar-refractivity contribution in [1.82, 2.24) is 10.6 Å². The van der Waals surface area contributed by atoms with Gasteiger partial charge in [0.05, 0.1) is 0 Å². The molecule has 0 aromatic carbocycles. The summed E-state index contributed by atoms with van der Waals surface area (Å²) in [4.78, 5) is 12.7. The van der Waals surface area contributed by atoms with E-state index in [1.165, 1.54) is 0 Å². The van der Waals surface area contributed by atoms with E-state index in [-0.39, 0.29) is 29.4 Å². The number of aliphatic hydroxyl groups is 1. The fourth-order valence-corrected chi connectivity index (χ4v) is 2.85. The maximum absolute atomic E-state index is 12.7. The summed E-state index contributed by atoms with van der Waals surface area (Å²) < 4.78 is 0. The first-order valence-corrected chi connectivity index (χ1v) is 7.82. The highest BCUT2D eigenvalue weighted by atomic mass is 16.3. The largest absolute Gasteiger partial charge is 0.396 e. The monoisotopic (exact) mass is 284 g/mol. The second kappa shape index (κ2) is 6.90. The normalized spacial score (nSPS) is 22.4. The summed E-state index contributed by atoms with van der Waals surface area (Å²) in [6, 6.07) is 0.0100. The number of carbonyl (C=O) groups excluding carboxylic acids is 1. The summed E-state index contributed by atoms with van der Waals surface area (Å²) in [5.41, 5.74) is -0.411. The second-order valence-electron chi connectivity index (χ2n) is 7.67. The number of hydrogen-bond acceptors (Lipinski definition) is 3. The predicted molar refractivity (Wildman–Crippen MR) is 82.5 cm³/mol. The summed E-state index contributed by atoms with van der Waals surface area (Å²) in [6.07, 6.45) is 2.85. The molecule has 0 aromatic rings. The minimum atomic E-state index is -0.369. The molecule has 1 aliphatic heterocycles. The van der Waals surface area contributed by atoms with Crippen molar-refractivity contribution in [3.05, 3.63) is 0 Å². The van der Waals surface area contributed by atoms with E-state index in [2.05, 4.69) is 31.4 Å². The number of nitrogens with one attached hydrogen (secondary N) is 2. The van der Waals surface area contributed by atoms with Gasteiger partial charge in [0.25, 0.3) is 0 Å². The van der Waals surface area contributed by atoms with Crippen LogP contribution in [0.25, 0.3) is 0 Å². The van der Waals surface area contributed by atoms with Gasteiger partial charge in [-0.15, -0.1) is 0 Å². The average Bonchev–Trinajstić information content (AvgIpc) is 2.38. The predicted octanol–water partition coefficient (Wildman–Crippen LogP) is 1.93. The van der Waals surface area contributed by atoms with E-state index < -0.39 is 0 Å². The van der Waals surface area contributed by atoms with E-state index in [1.54, 1.807) is 0 Å². The highest BCUT2D eigenvalue weighted by molar-refractivity contribution is 5.82. The van der Waals surface area contributed by atoms with Crippen molar-refractivity contribution in [2.45, 2.75) is 59.9 Å². The smallest absolute Gasteiger partial charge is 0.226 e. The van der Waals surface area contributed by atoms with Crippen molar-refractivity contribution in [2.24, 2.45) is 16.7 Å². The van der Waals surface area contributed by atoms with Crippen molar-refractivity contribution >= 4 is 5.91 Å². The molecule has 2 atom stereocenters. The van der Waals surface area contributed by atoms with Crippen LogP contribution in [0, 0.1) is 16.7 Å². The van der Waals surface area contributed by atoms with Gasteiger partial charge in [-0.25, -0.2) is 0 Å². The average molecular weight is 284 g/mol. The number of hydrogen-bond donors (Lipinski definition) is 3. The molecular formula is C16H32N2O2. The van der Waals surface area contributed by atoms with Gasteiger partial charge in [0.2, 0.25) is 5.91 Å². The van der Waals surface area contributed by atoms with Crippen LogP contribution in [0.4, 0.5) is 0 Å². The van der Waals surface area contributed by atoms with Gasteiger partial charge in [-0.05, 0) is 43.7 Å². The van der Waals surface area contributed by atoms with Gasteiger partial charge < -0.3 is 15.7 Å². The Kier molecular flexibility index (Phi) is 6.02. The molecule has 0 spiro atoms. The van der Waals surface area contributed by atoms with E-state index in [9.17, 15) is 9.90 Å². The van der Waals surface area contributed by atoms with Crippen LogP contribution in [-0.2, 0) is 4.79 Å². The van der Waals surface area contributed by atoms with Crippen LogP contribution < -0.4 is 10.6 Å². The molecule has 0 saturated carbocycles. The Bertz CT molecular complexity index is 315. The van der Waals surface area contributed by atoms with Crippen molar-refractivity contribution in [1.29, 1.82) is 0 Å². The minimum Gasteiger partial charge on any atom is -0.396 e. The summed E-state index contributed by atoms with van der Waals surface area (Å²) in [7, 11) is 0. The zero-order valence-corrected chi connectivity index (χ0v) is 13.8. The van der Waals surface area contributed by atoms with Crippen LogP contribution in [0.15, 0.2) is 0 Å². The van der Waals surface area contributed by atoms with Gasteiger partial charge in [-0.2, -0.15) is 0 Å². The topological polar surface area (TPSA) is 61.4 Å². The lowest BCUT2D eigenvalue weighted by Gasteiger charge is -2.39. The molecule has 0 aromatic heterocycles. The van der Waals surface area contributed by atoms with Gasteiger partial charge in [0.15, 0.2) is 0 Å². The summed E-state index contributed by atoms with van der Waals surface area (Å²) in [5.74, 6) is 0.491. The van der Waals surface area contributed by atoms with Crippen LogP contribution in [0.3, 0.4) is 0 Å². The molecule has 1 fully saturated rings. The Morgan fingerprint density at radius 2 is 2.00 bits per heavy atom. The zero-order chi connectivity index (χ0) is 15.4. The molecule has 20 heavy (non-hydrogen) atoms. The van der Waals surface area contributed by atoms with E-state index in [4.69, 9.17) is 0 Å². The number of amides is 1. The Morgan fingerprint density at radius 1 is 1.35 bits per heavy atom. The molecule has 4 heteroatoms. The molecule has 1 saturated heterocycles. The maximum atomic E-state index is 12.7. The van der Waals surface area contributed by atoms with Gasteiger partial charge >= 0.3 is 0 Å². The molecule has 0 radical (unpaired) electrons. The summed E-state index contributed by atoms with van der Waals surface area (Å²) in [6.45, 7) is 12.5. The molecular weight excluding hydrogens is 252 g/mol. The van der Waals surface area contributed by atoms with Gasteiger partial charge in [-0.1, -0.05) is 34.6 Å². The SMILES string of the molecule is CC(C)(C)C(CCO)NC(=O)C(C)(C)C1CCCNC1. The second-order valence-corrected chi connectivity index (χ2v) is 7.67. The van der Waals surface area contributed by atoms with Crippen molar-refractivity contribution < 1.29 is 9.90 Å². The standard InChI is InChI=1S/C16H32N2O2/c1-15(2,3)13(8-10-19)18-14(20)16(4,5)12-7-6-9-17-11-12/h12-13,17,19H,6-11H2,1-5H3,(H,18,20). The molecule has 1 heterocycles. The Hall–Kier alpha value is -0.610. The first kappa shape index (κ1) is 17.4. The van der Waals surface area contributed by atoms with Crippen molar-refractivity contribution in [3.63, 3.8) is 0 Å². The van der Waals surface area contributed by atoms with E-state index in [0.717, 1.165) is 25.9 Å². The number of carbonyl (C=O) groups is 1. The van der Waals surface area contributed by atoms with E-state index >= 15 is 0 Å².